The van der Waals surface area contributed by atoms with Crippen LogP contribution in [0.15, 0.2) is 18.2 Å². The first-order valence-corrected chi connectivity index (χ1v) is 5.75. The number of rotatable bonds is 5. The second-order valence-corrected chi connectivity index (χ2v) is 4.10. The summed E-state index contributed by atoms with van der Waals surface area (Å²) in [5.41, 5.74) is -0.487. The van der Waals surface area contributed by atoms with Gasteiger partial charge in [0.05, 0.1) is 6.10 Å². The first kappa shape index (κ1) is 16.0. The summed E-state index contributed by atoms with van der Waals surface area (Å²) >= 11 is 5.35. The smallest absolute Gasteiger partial charge is 0.406 e. The first-order chi connectivity index (χ1) is 8.74. The lowest BCUT2D eigenvalue weighted by atomic mass is 10.0. The molecule has 0 saturated heterocycles. The largest absolute Gasteiger partial charge is 0.573 e. The summed E-state index contributed by atoms with van der Waals surface area (Å²) in [5, 5.41) is 19.1. The van der Waals surface area contributed by atoms with Crippen LogP contribution in [-0.2, 0) is 0 Å². The normalized spacial score (nSPS) is 15.1. The number of benzene rings is 1. The van der Waals surface area contributed by atoms with Crippen molar-refractivity contribution in [3.8, 4) is 5.75 Å². The molecule has 19 heavy (non-hydrogen) atoms. The van der Waals surface area contributed by atoms with Crippen molar-refractivity contribution in [3.63, 3.8) is 0 Å². The molecule has 108 valence electrons. The van der Waals surface area contributed by atoms with Crippen LogP contribution in [0.1, 0.15) is 18.1 Å². The van der Waals surface area contributed by atoms with Gasteiger partial charge in [0.15, 0.2) is 0 Å². The standard InChI is InChI=1S/C11H11ClF4O3/c12-4-3-9(17)10(18)7-5-6(1-2-8(7)13)19-11(14,15)16/h1-2,5,9-10,17-18H,3-4H2. The molecule has 0 aliphatic carbocycles. The number of aliphatic hydroxyl groups is 2. The van der Waals surface area contributed by atoms with E-state index in [1.807, 2.05) is 0 Å². The van der Waals surface area contributed by atoms with Crippen LogP contribution in [-0.4, -0.2) is 28.6 Å². The van der Waals surface area contributed by atoms with Crippen LogP contribution < -0.4 is 4.74 Å². The number of alkyl halides is 4. The Balaban J connectivity index is 2.96. The third-order valence-electron chi connectivity index (χ3n) is 2.29. The zero-order valence-corrected chi connectivity index (χ0v) is 10.2. The molecule has 2 atom stereocenters. The van der Waals surface area contributed by atoms with E-state index in [9.17, 15) is 27.8 Å². The maximum absolute atomic E-state index is 13.4. The molecule has 3 nitrogen and oxygen atoms in total. The summed E-state index contributed by atoms with van der Waals surface area (Å²) in [6.07, 6.45) is -8.02. The molecule has 0 aromatic heterocycles. The lowest BCUT2D eigenvalue weighted by Gasteiger charge is -2.19. The number of hydrogen-bond donors (Lipinski definition) is 2. The Morgan fingerprint density at radius 2 is 1.89 bits per heavy atom. The number of aliphatic hydroxyl groups excluding tert-OH is 2. The van der Waals surface area contributed by atoms with Crippen LogP contribution in [0.5, 0.6) is 5.75 Å². The summed E-state index contributed by atoms with van der Waals surface area (Å²) in [5.74, 6) is -1.62. The fraction of sp³-hybridized carbons (Fsp3) is 0.455. The lowest BCUT2D eigenvalue weighted by Crippen LogP contribution is -2.21. The molecule has 0 aliphatic heterocycles. The summed E-state index contributed by atoms with van der Waals surface area (Å²) in [4.78, 5) is 0. The third-order valence-corrected chi connectivity index (χ3v) is 2.51. The topological polar surface area (TPSA) is 49.7 Å². The predicted octanol–water partition coefficient (Wildman–Crippen LogP) is 2.75. The van der Waals surface area contributed by atoms with Crippen LogP contribution in [0.3, 0.4) is 0 Å². The Bertz CT molecular complexity index is 425. The summed E-state index contributed by atoms with van der Waals surface area (Å²) in [6.45, 7) is 0. The fourth-order valence-corrected chi connectivity index (χ4v) is 1.65. The van der Waals surface area contributed by atoms with E-state index in [1.54, 1.807) is 0 Å². The highest BCUT2D eigenvalue weighted by molar-refractivity contribution is 6.17. The van der Waals surface area contributed by atoms with Crippen molar-refractivity contribution in [2.45, 2.75) is 25.0 Å². The third kappa shape index (κ3) is 4.85. The molecule has 0 amide bonds. The van der Waals surface area contributed by atoms with Crippen LogP contribution in [0.4, 0.5) is 17.6 Å². The molecular weight excluding hydrogens is 292 g/mol. The fourth-order valence-electron chi connectivity index (χ4n) is 1.42. The molecular formula is C11H11ClF4O3. The maximum Gasteiger partial charge on any atom is 0.573 e. The van der Waals surface area contributed by atoms with Gasteiger partial charge >= 0.3 is 6.36 Å². The molecule has 8 heteroatoms. The molecule has 0 bridgehead atoms. The van der Waals surface area contributed by atoms with Gasteiger partial charge in [0.25, 0.3) is 0 Å². The van der Waals surface area contributed by atoms with Gasteiger partial charge in [0.2, 0.25) is 0 Å². The van der Waals surface area contributed by atoms with Crippen molar-refractivity contribution in [1.82, 2.24) is 0 Å². The van der Waals surface area contributed by atoms with Gasteiger partial charge in [-0.1, -0.05) is 0 Å². The van der Waals surface area contributed by atoms with Gasteiger partial charge in [-0.05, 0) is 24.6 Å². The number of ether oxygens (including phenoxy) is 1. The minimum atomic E-state index is -4.92. The maximum atomic E-state index is 13.4. The van der Waals surface area contributed by atoms with Crippen LogP contribution in [0, 0.1) is 5.82 Å². The van der Waals surface area contributed by atoms with Gasteiger partial charge in [-0.3, -0.25) is 0 Å². The molecule has 2 N–H and O–H groups in total. The second kappa shape index (κ2) is 6.40. The van der Waals surface area contributed by atoms with E-state index in [2.05, 4.69) is 4.74 Å². The highest BCUT2D eigenvalue weighted by atomic mass is 35.5. The zero-order valence-electron chi connectivity index (χ0n) is 9.49. The van der Waals surface area contributed by atoms with Crippen molar-refractivity contribution in [1.29, 1.82) is 0 Å². The molecule has 0 aliphatic rings. The number of hydrogen-bond acceptors (Lipinski definition) is 3. The first-order valence-electron chi connectivity index (χ1n) is 5.22. The van der Waals surface area contributed by atoms with Crippen molar-refractivity contribution in [2.24, 2.45) is 0 Å². The van der Waals surface area contributed by atoms with E-state index in [0.29, 0.717) is 12.1 Å². The quantitative estimate of drug-likeness (QED) is 0.649. The average molecular weight is 303 g/mol. The van der Waals surface area contributed by atoms with Crippen molar-refractivity contribution in [3.05, 3.63) is 29.6 Å². The highest BCUT2D eigenvalue weighted by Gasteiger charge is 2.32. The van der Waals surface area contributed by atoms with Gasteiger partial charge in [-0.15, -0.1) is 24.8 Å². The van der Waals surface area contributed by atoms with Gasteiger partial charge < -0.3 is 14.9 Å². The Kier molecular flexibility index (Phi) is 5.39. The predicted molar refractivity (Wildman–Crippen MR) is 59.4 cm³/mol. The Morgan fingerprint density at radius 1 is 1.26 bits per heavy atom. The van der Waals surface area contributed by atoms with Crippen LogP contribution >= 0.6 is 11.6 Å². The lowest BCUT2D eigenvalue weighted by molar-refractivity contribution is -0.274. The minimum absolute atomic E-state index is 0.0125. The summed E-state index contributed by atoms with van der Waals surface area (Å²) in [6, 6.07) is 2.17. The van der Waals surface area contributed by atoms with E-state index in [1.165, 1.54) is 0 Å². The average Bonchev–Trinajstić information content (AvgIpc) is 2.29. The van der Waals surface area contributed by atoms with E-state index in [-0.39, 0.29) is 12.3 Å². The van der Waals surface area contributed by atoms with Crippen LogP contribution in [0.25, 0.3) is 0 Å². The zero-order chi connectivity index (χ0) is 14.6. The molecule has 0 spiro atoms. The van der Waals surface area contributed by atoms with Gasteiger partial charge in [-0.2, -0.15) is 0 Å². The molecule has 1 rings (SSSR count). The molecule has 0 saturated carbocycles. The van der Waals surface area contributed by atoms with Crippen molar-refractivity contribution in [2.75, 3.05) is 5.88 Å². The van der Waals surface area contributed by atoms with Gasteiger partial charge in [0, 0.05) is 11.4 Å². The SMILES string of the molecule is OC(CCCl)C(O)c1cc(OC(F)(F)F)ccc1F. The van der Waals surface area contributed by atoms with E-state index < -0.39 is 35.7 Å². The molecule has 0 heterocycles. The van der Waals surface area contributed by atoms with E-state index >= 15 is 0 Å². The molecule has 1 aromatic rings. The second-order valence-electron chi connectivity index (χ2n) is 3.72. The number of halogens is 5. The minimum Gasteiger partial charge on any atom is -0.406 e. The van der Waals surface area contributed by atoms with Crippen molar-refractivity contribution < 1.29 is 32.5 Å². The van der Waals surface area contributed by atoms with Crippen molar-refractivity contribution >= 4 is 11.6 Å². The summed E-state index contributed by atoms with van der Waals surface area (Å²) in [7, 11) is 0. The Hall–Kier alpha value is -1.05. The summed E-state index contributed by atoms with van der Waals surface area (Å²) < 4.78 is 53.0. The van der Waals surface area contributed by atoms with Gasteiger partial charge in [0.1, 0.15) is 17.7 Å². The molecule has 2 unspecified atom stereocenters. The van der Waals surface area contributed by atoms with Crippen LogP contribution in [0.2, 0.25) is 0 Å². The Morgan fingerprint density at radius 3 is 2.42 bits per heavy atom. The Labute approximate surface area is 111 Å². The van der Waals surface area contributed by atoms with Gasteiger partial charge in [-0.25, -0.2) is 4.39 Å². The molecule has 0 fully saturated rings. The molecule has 1 aromatic carbocycles. The van der Waals surface area contributed by atoms with E-state index in [0.717, 1.165) is 6.07 Å². The van der Waals surface area contributed by atoms with E-state index in [4.69, 9.17) is 11.6 Å². The highest BCUT2D eigenvalue weighted by Crippen LogP contribution is 2.29. The molecule has 0 radical (unpaired) electrons. The monoisotopic (exact) mass is 302 g/mol.